The molecule has 1 saturated heterocycles. The van der Waals surface area contributed by atoms with E-state index in [-0.39, 0.29) is 23.8 Å². The van der Waals surface area contributed by atoms with Gasteiger partial charge in [0.05, 0.1) is 12.6 Å². The first-order chi connectivity index (χ1) is 9.87. The van der Waals surface area contributed by atoms with E-state index >= 15 is 0 Å². The number of methoxy groups -OCH3 is 1. The predicted octanol–water partition coefficient (Wildman–Crippen LogP) is 1.71. The molecular formula is C16H28N2O3. The maximum absolute atomic E-state index is 13.2. The van der Waals surface area contributed by atoms with E-state index in [2.05, 4.69) is 5.32 Å². The normalized spacial score (nSPS) is 30.2. The van der Waals surface area contributed by atoms with Crippen molar-refractivity contribution < 1.29 is 14.3 Å². The maximum atomic E-state index is 13.2. The van der Waals surface area contributed by atoms with Crippen LogP contribution in [0.5, 0.6) is 0 Å². The largest absolute Gasteiger partial charge is 0.383 e. The molecule has 1 aliphatic carbocycles. The minimum Gasteiger partial charge on any atom is -0.383 e. The van der Waals surface area contributed by atoms with Crippen LogP contribution >= 0.6 is 0 Å². The van der Waals surface area contributed by atoms with Gasteiger partial charge in [0.2, 0.25) is 11.8 Å². The Morgan fingerprint density at radius 2 is 1.90 bits per heavy atom. The van der Waals surface area contributed by atoms with Crippen LogP contribution in [0, 0.1) is 5.92 Å². The third-order valence-electron chi connectivity index (χ3n) is 5.33. The van der Waals surface area contributed by atoms with Crippen LogP contribution in [0.1, 0.15) is 53.4 Å². The van der Waals surface area contributed by atoms with E-state index < -0.39 is 11.1 Å². The zero-order chi connectivity index (χ0) is 15.8. The summed E-state index contributed by atoms with van der Waals surface area (Å²) in [6.45, 7) is 8.24. The smallest absolute Gasteiger partial charge is 0.249 e. The van der Waals surface area contributed by atoms with Gasteiger partial charge >= 0.3 is 0 Å². The zero-order valence-electron chi connectivity index (χ0n) is 13.9. The standard InChI is InChI=1S/C16H28N2O3/c1-6-16(7-2)13(19)17-15(4,12-8-9-12)14(20)18(16)11(3)10-21-5/h11-12H,6-10H2,1-5H3,(H,17,19). The van der Waals surface area contributed by atoms with Gasteiger partial charge in [-0.1, -0.05) is 13.8 Å². The van der Waals surface area contributed by atoms with Crippen molar-refractivity contribution in [3.8, 4) is 0 Å². The van der Waals surface area contributed by atoms with Crippen molar-refractivity contribution >= 4 is 11.8 Å². The molecule has 1 aliphatic heterocycles. The van der Waals surface area contributed by atoms with Crippen molar-refractivity contribution in [2.24, 2.45) is 5.92 Å². The van der Waals surface area contributed by atoms with Crippen LogP contribution in [0.2, 0.25) is 0 Å². The molecular weight excluding hydrogens is 268 g/mol. The summed E-state index contributed by atoms with van der Waals surface area (Å²) in [5.41, 5.74) is -1.49. The Hall–Kier alpha value is -1.10. The lowest BCUT2D eigenvalue weighted by molar-refractivity contribution is -0.169. The number of rotatable bonds is 6. The Morgan fingerprint density at radius 1 is 1.33 bits per heavy atom. The fourth-order valence-corrected chi connectivity index (χ4v) is 3.75. The number of piperazine rings is 1. The lowest BCUT2D eigenvalue weighted by Crippen LogP contribution is -2.77. The fourth-order valence-electron chi connectivity index (χ4n) is 3.75. The van der Waals surface area contributed by atoms with Gasteiger partial charge in [-0.2, -0.15) is 0 Å². The molecule has 1 heterocycles. The summed E-state index contributed by atoms with van der Waals surface area (Å²) in [5, 5.41) is 3.05. The fraction of sp³-hybridized carbons (Fsp3) is 0.875. The van der Waals surface area contributed by atoms with Gasteiger partial charge in [0.25, 0.3) is 0 Å². The first kappa shape index (κ1) is 16.3. The molecule has 0 bridgehead atoms. The third kappa shape index (κ3) is 2.35. The highest BCUT2D eigenvalue weighted by molar-refractivity contribution is 6.02. The van der Waals surface area contributed by atoms with E-state index in [1.165, 1.54) is 0 Å². The summed E-state index contributed by atoms with van der Waals surface area (Å²) < 4.78 is 5.24. The molecule has 5 nitrogen and oxygen atoms in total. The van der Waals surface area contributed by atoms with Gasteiger partial charge in [0.1, 0.15) is 11.1 Å². The Morgan fingerprint density at radius 3 is 2.33 bits per heavy atom. The Balaban J connectivity index is 2.43. The molecule has 2 amide bonds. The summed E-state index contributed by atoms with van der Waals surface area (Å²) in [4.78, 5) is 27.8. The molecule has 21 heavy (non-hydrogen) atoms. The van der Waals surface area contributed by atoms with E-state index in [0.29, 0.717) is 19.4 Å². The second kappa shape index (κ2) is 5.59. The van der Waals surface area contributed by atoms with Crippen LogP contribution in [-0.2, 0) is 14.3 Å². The molecule has 0 aromatic heterocycles. The SMILES string of the molecule is CCC1(CC)C(=O)NC(C)(C2CC2)C(=O)N1C(C)COC. The highest BCUT2D eigenvalue weighted by Gasteiger charge is 2.60. The van der Waals surface area contributed by atoms with E-state index in [1.807, 2.05) is 32.6 Å². The van der Waals surface area contributed by atoms with E-state index in [9.17, 15) is 9.59 Å². The number of carbonyl (C=O) groups is 2. The van der Waals surface area contributed by atoms with Gasteiger partial charge in [0.15, 0.2) is 0 Å². The van der Waals surface area contributed by atoms with Crippen LogP contribution in [0.15, 0.2) is 0 Å². The molecule has 0 radical (unpaired) electrons. The van der Waals surface area contributed by atoms with Crippen molar-refractivity contribution in [3.63, 3.8) is 0 Å². The lowest BCUT2D eigenvalue weighted by atomic mass is 9.79. The topological polar surface area (TPSA) is 58.6 Å². The zero-order valence-corrected chi connectivity index (χ0v) is 13.9. The number of nitrogens with zero attached hydrogens (tertiary/aromatic N) is 1. The molecule has 0 spiro atoms. The highest BCUT2D eigenvalue weighted by atomic mass is 16.5. The van der Waals surface area contributed by atoms with E-state index in [4.69, 9.17) is 4.74 Å². The Bertz CT molecular complexity index is 429. The quantitative estimate of drug-likeness (QED) is 0.812. The summed E-state index contributed by atoms with van der Waals surface area (Å²) in [5.74, 6) is 0.320. The summed E-state index contributed by atoms with van der Waals surface area (Å²) in [7, 11) is 1.63. The molecule has 1 N–H and O–H groups in total. The Labute approximate surface area is 127 Å². The number of nitrogens with one attached hydrogen (secondary N) is 1. The minimum atomic E-state index is -0.747. The van der Waals surface area contributed by atoms with Gasteiger partial charge in [0, 0.05) is 7.11 Å². The van der Waals surface area contributed by atoms with Crippen molar-refractivity contribution in [1.82, 2.24) is 10.2 Å². The molecule has 1 saturated carbocycles. The van der Waals surface area contributed by atoms with Crippen LogP contribution in [0.3, 0.4) is 0 Å². The summed E-state index contributed by atoms with van der Waals surface area (Å²) >= 11 is 0. The molecule has 5 heteroatoms. The number of hydrogen-bond acceptors (Lipinski definition) is 3. The number of carbonyl (C=O) groups excluding carboxylic acids is 2. The van der Waals surface area contributed by atoms with Crippen molar-refractivity contribution in [3.05, 3.63) is 0 Å². The van der Waals surface area contributed by atoms with Gasteiger partial charge in [-0.3, -0.25) is 9.59 Å². The highest BCUT2D eigenvalue weighted by Crippen LogP contribution is 2.45. The van der Waals surface area contributed by atoms with E-state index in [1.54, 1.807) is 7.11 Å². The molecule has 0 aromatic carbocycles. The first-order valence-corrected chi connectivity index (χ1v) is 8.02. The Kier molecular flexibility index (Phi) is 4.34. The minimum absolute atomic E-state index is 0.00977. The average Bonchev–Trinajstić information content (AvgIpc) is 3.27. The molecule has 0 aromatic rings. The number of amides is 2. The second-order valence-corrected chi connectivity index (χ2v) is 6.65. The van der Waals surface area contributed by atoms with Crippen LogP contribution in [0.25, 0.3) is 0 Å². The molecule has 120 valence electrons. The van der Waals surface area contributed by atoms with Gasteiger partial charge in [-0.25, -0.2) is 0 Å². The monoisotopic (exact) mass is 296 g/mol. The molecule has 2 atom stereocenters. The first-order valence-electron chi connectivity index (χ1n) is 8.02. The lowest BCUT2D eigenvalue weighted by Gasteiger charge is -2.53. The maximum Gasteiger partial charge on any atom is 0.249 e. The average molecular weight is 296 g/mol. The van der Waals surface area contributed by atoms with Crippen LogP contribution < -0.4 is 5.32 Å². The second-order valence-electron chi connectivity index (χ2n) is 6.65. The van der Waals surface area contributed by atoms with Crippen molar-refractivity contribution in [1.29, 1.82) is 0 Å². The van der Waals surface area contributed by atoms with Crippen LogP contribution in [-0.4, -0.2) is 47.6 Å². The number of ether oxygens (including phenoxy) is 1. The molecule has 2 rings (SSSR count). The summed E-state index contributed by atoms with van der Waals surface area (Å²) in [6, 6.07) is -0.105. The molecule has 2 unspecified atom stereocenters. The third-order valence-corrected chi connectivity index (χ3v) is 5.33. The molecule has 2 aliphatic rings. The predicted molar refractivity (Wildman–Crippen MR) is 80.8 cm³/mol. The number of hydrogen-bond donors (Lipinski definition) is 1. The van der Waals surface area contributed by atoms with Gasteiger partial charge in [-0.05, 0) is 45.4 Å². The van der Waals surface area contributed by atoms with Crippen LogP contribution in [0.4, 0.5) is 0 Å². The van der Waals surface area contributed by atoms with Crippen molar-refractivity contribution in [2.45, 2.75) is 70.5 Å². The van der Waals surface area contributed by atoms with Gasteiger partial charge in [-0.15, -0.1) is 0 Å². The summed E-state index contributed by atoms with van der Waals surface area (Å²) in [6.07, 6.45) is 3.27. The van der Waals surface area contributed by atoms with Crippen molar-refractivity contribution in [2.75, 3.05) is 13.7 Å². The van der Waals surface area contributed by atoms with E-state index in [0.717, 1.165) is 12.8 Å². The van der Waals surface area contributed by atoms with Gasteiger partial charge < -0.3 is 15.0 Å². The molecule has 2 fully saturated rings.